The Morgan fingerprint density at radius 1 is 0.786 bits per heavy atom. The number of ether oxygens (including phenoxy) is 4. The van der Waals surface area contributed by atoms with Crippen molar-refractivity contribution in [3.8, 4) is 0 Å². The summed E-state index contributed by atoms with van der Waals surface area (Å²) in [5, 5.41) is 10.1. The third-order valence-corrected chi connectivity index (χ3v) is 5.71. The van der Waals surface area contributed by atoms with E-state index in [0.29, 0.717) is 13.0 Å². The van der Waals surface area contributed by atoms with Crippen LogP contribution >= 0.6 is 0 Å². The first-order valence-corrected chi connectivity index (χ1v) is 13.8. The molecule has 234 valence electrons. The van der Waals surface area contributed by atoms with Crippen LogP contribution in [0.25, 0.3) is 0 Å². The van der Waals surface area contributed by atoms with Crippen molar-refractivity contribution in [3.63, 3.8) is 0 Å². The fourth-order valence-electron chi connectivity index (χ4n) is 3.38. The van der Waals surface area contributed by atoms with Gasteiger partial charge in [0.05, 0.1) is 0 Å². The van der Waals surface area contributed by atoms with Crippen molar-refractivity contribution in [2.24, 2.45) is 0 Å². The van der Waals surface area contributed by atoms with Gasteiger partial charge >= 0.3 is 17.9 Å². The first kappa shape index (κ1) is 36.0. The molecule has 0 fully saturated rings. The number of aromatic nitrogens is 3. The molecule has 0 amide bonds. The van der Waals surface area contributed by atoms with Gasteiger partial charge in [0.2, 0.25) is 17.8 Å². The van der Waals surface area contributed by atoms with Crippen LogP contribution < -0.4 is 14.7 Å². The fourth-order valence-corrected chi connectivity index (χ4v) is 3.38. The third kappa shape index (κ3) is 14.0. The lowest BCUT2D eigenvalue weighted by molar-refractivity contribution is -0.144. The van der Waals surface area contributed by atoms with E-state index in [2.05, 4.69) is 34.2 Å². The molecule has 0 spiro atoms. The van der Waals surface area contributed by atoms with E-state index in [4.69, 9.17) is 18.9 Å². The van der Waals surface area contributed by atoms with Crippen molar-refractivity contribution in [2.75, 3.05) is 62.0 Å². The molecule has 1 rings (SSSR count). The summed E-state index contributed by atoms with van der Waals surface area (Å²) in [6.45, 7) is 9.39. The van der Waals surface area contributed by atoms with E-state index in [1.54, 1.807) is 6.92 Å². The number of rotatable bonds is 23. The molecule has 0 unspecified atom stereocenters. The van der Waals surface area contributed by atoms with Gasteiger partial charge in [-0.05, 0) is 33.1 Å². The number of anilines is 3. The van der Waals surface area contributed by atoms with Crippen LogP contribution in [-0.2, 0) is 33.3 Å². The molecule has 14 nitrogen and oxygen atoms in total. The lowest BCUT2D eigenvalue weighted by Crippen LogP contribution is -2.36. The molecule has 0 saturated heterocycles. The average molecular weight is 593 g/mol. The van der Waals surface area contributed by atoms with Gasteiger partial charge in [-0.1, -0.05) is 44.6 Å². The van der Waals surface area contributed by atoms with Crippen LogP contribution in [0.15, 0.2) is 37.5 Å². The van der Waals surface area contributed by atoms with Gasteiger partial charge in [0.1, 0.15) is 13.5 Å². The van der Waals surface area contributed by atoms with E-state index in [9.17, 15) is 19.5 Å². The number of aliphatic hydroxyl groups excluding tert-OH is 1. The maximum atomic E-state index is 12.4. The molecule has 14 heteroatoms. The first-order valence-electron chi connectivity index (χ1n) is 13.8. The molecule has 0 bridgehead atoms. The minimum absolute atomic E-state index is 0.0152. The van der Waals surface area contributed by atoms with Gasteiger partial charge < -0.3 is 29.0 Å². The van der Waals surface area contributed by atoms with Crippen LogP contribution in [0.1, 0.15) is 58.8 Å². The van der Waals surface area contributed by atoms with E-state index in [0.717, 1.165) is 44.3 Å². The Balaban J connectivity index is 3.07. The number of unbranched alkanes of at least 4 members (excludes halogenated alkanes) is 5. The summed E-state index contributed by atoms with van der Waals surface area (Å²) < 4.78 is 20.8. The number of nitrogens with zero attached hydrogens (tertiary/aromatic N) is 6. The molecule has 1 N–H and O–H groups in total. The Kier molecular flexibility index (Phi) is 18.6. The highest BCUT2D eigenvalue weighted by atomic mass is 16.6. The van der Waals surface area contributed by atoms with Gasteiger partial charge in [-0.25, -0.2) is 9.59 Å². The summed E-state index contributed by atoms with van der Waals surface area (Å²) in [6.07, 6.45) is 12.4. The van der Waals surface area contributed by atoms with E-state index in [1.807, 2.05) is 13.0 Å². The van der Waals surface area contributed by atoms with Crippen LogP contribution in [0.2, 0.25) is 0 Å². The van der Waals surface area contributed by atoms with Crippen LogP contribution in [-0.4, -0.2) is 85.3 Å². The molecule has 0 aliphatic rings. The minimum Gasteiger partial charge on any atom is -0.444 e. The van der Waals surface area contributed by atoms with Gasteiger partial charge in [-0.2, -0.15) is 15.0 Å². The highest BCUT2D eigenvalue weighted by Gasteiger charge is 2.22. The zero-order chi connectivity index (χ0) is 31.2. The largest absolute Gasteiger partial charge is 0.444 e. The van der Waals surface area contributed by atoms with Crippen LogP contribution in [0.4, 0.5) is 17.8 Å². The standard InChI is InChI=1S/C28H44N6O8/c1-6-10-11-12-13-14-15-16-17-25(38)42-21-33(18-35)27-29-26(32(9-4)20-40-23(36)7-2)30-28(31-27)34(19-39-5)22-41-24(37)8-3/h6-8,10,35H,2-3,9,11-22H2,1,4-5H3/b10-6-. The number of carbonyl (C=O) groups is 3. The van der Waals surface area contributed by atoms with Crippen molar-refractivity contribution in [1.29, 1.82) is 0 Å². The zero-order valence-corrected chi connectivity index (χ0v) is 24.9. The Hall–Kier alpha value is -4.04. The van der Waals surface area contributed by atoms with Crippen LogP contribution in [0.3, 0.4) is 0 Å². The van der Waals surface area contributed by atoms with Gasteiger partial charge in [-0.3, -0.25) is 14.6 Å². The summed E-state index contributed by atoms with van der Waals surface area (Å²) in [7, 11) is 1.43. The molecule has 0 saturated carbocycles. The van der Waals surface area contributed by atoms with Crippen molar-refractivity contribution in [3.05, 3.63) is 37.5 Å². The molecule has 1 heterocycles. The molecule has 0 radical (unpaired) electrons. The summed E-state index contributed by atoms with van der Waals surface area (Å²) in [5.74, 6) is -1.68. The Bertz CT molecular complexity index is 1020. The lowest BCUT2D eigenvalue weighted by Gasteiger charge is -2.27. The molecular weight excluding hydrogens is 548 g/mol. The molecule has 0 aliphatic carbocycles. The number of allylic oxidation sites excluding steroid dienone is 2. The second-order valence-electron chi connectivity index (χ2n) is 8.84. The highest BCUT2D eigenvalue weighted by molar-refractivity contribution is 5.81. The van der Waals surface area contributed by atoms with E-state index >= 15 is 0 Å². The van der Waals surface area contributed by atoms with E-state index in [1.165, 1.54) is 21.8 Å². The highest BCUT2D eigenvalue weighted by Crippen LogP contribution is 2.20. The molecule has 0 aromatic carbocycles. The lowest BCUT2D eigenvalue weighted by atomic mass is 10.1. The second-order valence-corrected chi connectivity index (χ2v) is 8.84. The SMILES string of the molecule is C=CC(=O)OCN(CC)c1nc(N(COC)COC(=O)C=C)nc(N(CO)COC(=O)CCCCCCC/C=C\C)n1. The predicted molar refractivity (Wildman–Crippen MR) is 157 cm³/mol. The fraction of sp³-hybridized carbons (Fsp3) is 0.571. The van der Waals surface area contributed by atoms with E-state index in [-0.39, 0.29) is 51.2 Å². The Labute approximate surface area is 247 Å². The van der Waals surface area contributed by atoms with Crippen LogP contribution in [0, 0.1) is 0 Å². The van der Waals surface area contributed by atoms with Crippen molar-refractivity contribution >= 4 is 35.8 Å². The smallest absolute Gasteiger partial charge is 0.331 e. The van der Waals surface area contributed by atoms with Crippen LogP contribution in [0.5, 0.6) is 0 Å². The summed E-state index contributed by atoms with van der Waals surface area (Å²) >= 11 is 0. The molecule has 0 aliphatic heterocycles. The molecule has 42 heavy (non-hydrogen) atoms. The Morgan fingerprint density at radius 3 is 1.86 bits per heavy atom. The first-order chi connectivity index (χ1) is 20.3. The second kappa shape index (κ2) is 21.7. The van der Waals surface area contributed by atoms with Gasteiger partial charge in [0, 0.05) is 32.2 Å². The monoisotopic (exact) mass is 592 g/mol. The maximum absolute atomic E-state index is 12.4. The van der Waals surface area contributed by atoms with E-state index < -0.39 is 24.6 Å². The zero-order valence-electron chi connectivity index (χ0n) is 24.9. The van der Waals surface area contributed by atoms with Crippen molar-refractivity contribution in [2.45, 2.75) is 58.8 Å². The van der Waals surface area contributed by atoms with Gasteiger partial charge in [0.25, 0.3) is 0 Å². The number of hydrogen-bond donors (Lipinski definition) is 1. The minimum atomic E-state index is -0.672. The number of methoxy groups -OCH3 is 1. The molecule has 1 aromatic heterocycles. The molecular formula is C28H44N6O8. The summed E-state index contributed by atoms with van der Waals surface area (Å²) in [5.41, 5.74) is 0. The molecule has 0 atom stereocenters. The summed E-state index contributed by atoms with van der Waals surface area (Å²) in [6, 6.07) is 0. The molecule has 1 aromatic rings. The third-order valence-electron chi connectivity index (χ3n) is 5.71. The van der Waals surface area contributed by atoms with Gasteiger partial charge in [0.15, 0.2) is 20.2 Å². The van der Waals surface area contributed by atoms with Crippen molar-refractivity contribution < 1.29 is 38.4 Å². The number of esters is 3. The quantitative estimate of drug-likeness (QED) is 0.0494. The number of aliphatic hydroxyl groups is 1. The number of carbonyl (C=O) groups excluding carboxylic acids is 3. The van der Waals surface area contributed by atoms with Crippen molar-refractivity contribution in [1.82, 2.24) is 15.0 Å². The normalized spacial score (nSPS) is 10.7. The summed E-state index contributed by atoms with van der Waals surface area (Å²) in [4.78, 5) is 53.0. The maximum Gasteiger partial charge on any atom is 0.331 e. The predicted octanol–water partition coefficient (Wildman–Crippen LogP) is 3.05. The number of hydrogen-bond acceptors (Lipinski definition) is 14. The topological polar surface area (TPSA) is 157 Å². The average Bonchev–Trinajstić information content (AvgIpc) is 3.00. The Morgan fingerprint density at radius 2 is 1.31 bits per heavy atom. The van der Waals surface area contributed by atoms with Gasteiger partial charge in [-0.15, -0.1) is 0 Å².